The highest BCUT2D eigenvalue weighted by Crippen LogP contribution is 2.10. The lowest BCUT2D eigenvalue weighted by Crippen LogP contribution is -2.41. The van der Waals surface area contributed by atoms with Crippen molar-refractivity contribution in [1.29, 1.82) is 0 Å². The average Bonchev–Trinajstić information content (AvgIpc) is 2.46. The van der Waals surface area contributed by atoms with Crippen LogP contribution in [0.3, 0.4) is 0 Å². The lowest BCUT2D eigenvalue weighted by molar-refractivity contribution is -0.531. The molecule has 19 heavy (non-hydrogen) atoms. The van der Waals surface area contributed by atoms with Crippen molar-refractivity contribution >= 4 is 5.97 Å². The number of esters is 1. The number of aliphatic hydroxyl groups excluding tert-OH is 1. The SMILES string of the molecule is CC.COC(=O)C(O)C(Cc1ccccc1)[N+](=O)[O-]. The van der Waals surface area contributed by atoms with E-state index in [1.54, 1.807) is 30.3 Å². The van der Waals surface area contributed by atoms with Crippen LogP contribution in [0.5, 0.6) is 0 Å². The Balaban J connectivity index is 0.00000154. The van der Waals surface area contributed by atoms with Gasteiger partial charge in [-0.3, -0.25) is 10.1 Å². The Labute approximate surface area is 112 Å². The number of ether oxygens (including phenoxy) is 1. The molecular formula is C13H19NO5. The van der Waals surface area contributed by atoms with Gasteiger partial charge in [0.2, 0.25) is 6.10 Å². The van der Waals surface area contributed by atoms with Gasteiger partial charge in [0.05, 0.1) is 7.11 Å². The van der Waals surface area contributed by atoms with Gasteiger partial charge >= 0.3 is 5.97 Å². The minimum atomic E-state index is -1.75. The van der Waals surface area contributed by atoms with Gasteiger partial charge in [-0.25, -0.2) is 4.79 Å². The molecule has 0 aliphatic carbocycles. The first-order valence-corrected chi connectivity index (χ1v) is 5.99. The van der Waals surface area contributed by atoms with E-state index >= 15 is 0 Å². The number of methoxy groups -OCH3 is 1. The fraction of sp³-hybridized carbons (Fsp3) is 0.462. The summed E-state index contributed by atoms with van der Waals surface area (Å²) in [6.45, 7) is 4.00. The molecule has 106 valence electrons. The molecule has 0 bridgehead atoms. The monoisotopic (exact) mass is 269 g/mol. The van der Waals surface area contributed by atoms with Crippen LogP contribution in [-0.4, -0.2) is 35.3 Å². The molecule has 0 fully saturated rings. The quantitative estimate of drug-likeness (QED) is 0.496. The van der Waals surface area contributed by atoms with E-state index in [2.05, 4.69) is 4.74 Å². The molecule has 0 aliphatic heterocycles. The number of hydrogen-bond acceptors (Lipinski definition) is 5. The van der Waals surface area contributed by atoms with Crippen LogP contribution in [0.2, 0.25) is 0 Å². The molecule has 0 radical (unpaired) electrons. The van der Waals surface area contributed by atoms with Crippen LogP contribution in [0, 0.1) is 10.1 Å². The number of hydrogen-bond donors (Lipinski definition) is 1. The number of nitrogens with zero attached hydrogens (tertiary/aromatic N) is 1. The Morgan fingerprint density at radius 3 is 2.32 bits per heavy atom. The summed E-state index contributed by atoms with van der Waals surface area (Å²) in [5.74, 6) is -0.998. The molecule has 0 amide bonds. The van der Waals surface area contributed by atoms with Crippen LogP contribution in [0.4, 0.5) is 0 Å². The first-order valence-electron chi connectivity index (χ1n) is 5.99. The van der Waals surface area contributed by atoms with Crippen molar-refractivity contribution in [2.45, 2.75) is 32.4 Å². The smallest absolute Gasteiger partial charge is 0.342 e. The number of aliphatic hydroxyl groups is 1. The number of carbonyl (C=O) groups is 1. The molecule has 0 spiro atoms. The van der Waals surface area contributed by atoms with Gasteiger partial charge in [0.1, 0.15) is 0 Å². The molecule has 1 N–H and O–H groups in total. The minimum Gasteiger partial charge on any atom is -0.467 e. The fourth-order valence-electron chi connectivity index (χ4n) is 1.43. The molecule has 1 rings (SSSR count). The highest BCUT2D eigenvalue weighted by atomic mass is 16.6. The second kappa shape index (κ2) is 9.04. The van der Waals surface area contributed by atoms with Crippen molar-refractivity contribution in [1.82, 2.24) is 0 Å². The summed E-state index contributed by atoms with van der Waals surface area (Å²) in [7, 11) is 1.07. The minimum absolute atomic E-state index is 0.0237. The first kappa shape index (κ1) is 17.1. The van der Waals surface area contributed by atoms with Gasteiger partial charge in [0, 0.05) is 11.3 Å². The Morgan fingerprint density at radius 2 is 1.89 bits per heavy atom. The summed E-state index contributed by atoms with van der Waals surface area (Å²) < 4.78 is 4.29. The molecule has 1 aromatic carbocycles. The number of nitro groups is 1. The van der Waals surface area contributed by atoms with E-state index in [1.807, 2.05) is 13.8 Å². The number of rotatable bonds is 5. The standard InChI is InChI=1S/C11H13NO5.C2H6/c1-17-11(14)10(13)9(12(15)16)7-8-5-3-2-4-6-8;1-2/h2-6,9-10,13H,7H2,1H3;1-2H3. The van der Waals surface area contributed by atoms with Crippen molar-refractivity contribution in [3.63, 3.8) is 0 Å². The van der Waals surface area contributed by atoms with Gasteiger partial charge in [0.15, 0.2) is 0 Å². The van der Waals surface area contributed by atoms with Crippen LogP contribution in [-0.2, 0) is 16.0 Å². The predicted octanol–water partition coefficient (Wildman–Crippen LogP) is 1.43. The van der Waals surface area contributed by atoms with Crippen LogP contribution < -0.4 is 0 Å². The van der Waals surface area contributed by atoms with Crippen molar-refractivity contribution < 1.29 is 19.6 Å². The topological polar surface area (TPSA) is 89.7 Å². The molecule has 1 aromatic rings. The van der Waals surface area contributed by atoms with Crippen molar-refractivity contribution in [3.8, 4) is 0 Å². The van der Waals surface area contributed by atoms with E-state index in [-0.39, 0.29) is 6.42 Å². The largest absolute Gasteiger partial charge is 0.467 e. The van der Waals surface area contributed by atoms with E-state index in [4.69, 9.17) is 0 Å². The zero-order valence-corrected chi connectivity index (χ0v) is 11.3. The molecule has 0 aromatic heterocycles. The van der Waals surface area contributed by atoms with Gasteiger partial charge in [0.25, 0.3) is 6.04 Å². The highest BCUT2D eigenvalue weighted by Gasteiger charge is 2.36. The van der Waals surface area contributed by atoms with Gasteiger partial charge in [-0.1, -0.05) is 44.2 Å². The predicted molar refractivity (Wildman–Crippen MR) is 70.3 cm³/mol. The van der Waals surface area contributed by atoms with Gasteiger partial charge < -0.3 is 9.84 Å². The Bertz CT molecular complexity index is 393. The fourth-order valence-corrected chi connectivity index (χ4v) is 1.43. The van der Waals surface area contributed by atoms with Crippen LogP contribution >= 0.6 is 0 Å². The summed E-state index contributed by atoms with van der Waals surface area (Å²) in [6, 6.07) is 7.24. The highest BCUT2D eigenvalue weighted by molar-refractivity contribution is 5.74. The zero-order valence-electron chi connectivity index (χ0n) is 11.3. The second-order valence-electron chi connectivity index (χ2n) is 3.51. The molecular weight excluding hydrogens is 250 g/mol. The van der Waals surface area contributed by atoms with E-state index < -0.39 is 23.0 Å². The summed E-state index contributed by atoms with van der Waals surface area (Å²) >= 11 is 0. The Morgan fingerprint density at radius 1 is 1.37 bits per heavy atom. The lowest BCUT2D eigenvalue weighted by Gasteiger charge is -2.13. The summed E-state index contributed by atoms with van der Waals surface area (Å²) in [5, 5.41) is 20.3. The average molecular weight is 269 g/mol. The van der Waals surface area contributed by atoms with Crippen molar-refractivity contribution in [2.75, 3.05) is 7.11 Å². The first-order chi connectivity index (χ1) is 9.06. The van der Waals surface area contributed by atoms with Gasteiger partial charge in [-0.2, -0.15) is 0 Å². The molecule has 6 heteroatoms. The maximum Gasteiger partial charge on any atom is 0.342 e. The summed E-state index contributed by atoms with van der Waals surface area (Å²) in [6.07, 6.45) is -1.78. The molecule has 0 aliphatic rings. The third kappa shape index (κ3) is 5.48. The molecule has 0 heterocycles. The normalized spacial score (nSPS) is 12.6. The Hall–Kier alpha value is -1.95. The number of benzene rings is 1. The van der Waals surface area contributed by atoms with E-state index in [1.165, 1.54) is 0 Å². The maximum atomic E-state index is 11.1. The molecule has 0 saturated heterocycles. The number of carbonyl (C=O) groups excluding carboxylic acids is 1. The summed E-state index contributed by atoms with van der Waals surface area (Å²) in [4.78, 5) is 21.2. The van der Waals surface area contributed by atoms with Crippen LogP contribution in [0.15, 0.2) is 30.3 Å². The summed E-state index contributed by atoms with van der Waals surface area (Å²) in [5.41, 5.74) is 0.678. The molecule has 6 nitrogen and oxygen atoms in total. The zero-order chi connectivity index (χ0) is 14.8. The Kier molecular flexibility index (Phi) is 8.12. The van der Waals surface area contributed by atoms with E-state index in [0.717, 1.165) is 7.11 Å². The third-order valence-corrected chi connectivity index (χ3v) is 2.37. The third-order valence-electron chi connectivity index (χ3n) is 2.37. The van der Waals surface area contributed by atoms with Crippen molar-refractivity contribution in [2.24, 2.45) is 0 Å². The molecule has 2 unspecified atom stereocenters. The van der Waals surface area contributed by atoms with Gasteiger partial charge in [-0.05, 0) is 5.56 Å². The van der Waals surface area contributed by atoms with Crippen molar-refractivity contribution in [3.05, 3.63) is 46.0 Å². The molecule has 0 saturated carbocycles. The lowest BCUT2D eigenvalue weighted by atomic mass is 10.0. The molecule has 2 atom stereocenters. The second-order valence-corrected chi connectivity index (χ2v) is 3.51. The van der Waals surface area contributed by atoms with E-state index in [0.29, 0.717) is 5.56 Å². The van der Waals surface area contributed by atoms with Gasteiger partial charge in [-0.15, -0.1) is 0 Å². The van der Waals surface area contributed by atoms with Crippen LogP contribution in [0.1, 0.15) is 19.4 Å². The van der Waals surface area contributed by atoms with Crippen LogP contribution in [0.25, 0.3) is 0 Å². The van der Waals surface area contributed by atoms with E-state index in [9.17, 15) is 20.0 Å². The maximum absolute atomic E-state index is 11.1.